The number of hydrogen-bond acceptors (Lipinski definition) is 3. The zero-order chi connectivity index (χ0) is 8.81. The van der Waals surface area contributed by atoms with Crippen LogP contribution >= 0.6 is 11.8 Å². The molecule has 0 aromatic rings. The van der Waals surface area contributed by atoms with Crippen LogP contribution in [0.5, 0.6) is 0 Å². The topological polar surface area (TPSA) is 29.5 Å². The minimum absolute atomic E-state index is 0.246. The number of rotatable bonds is 5. The fraction of sp³-hybridized carbons (Fsp3) is 1.00. The van der Waals surface area contributed by atoms with Crippen molar-refractivity contribution in [3.05, 3.63) is 0 Å². The van der Waals surface area contributed by atoms with Crippen molar-refractivity contribution < 1.29 is 9.84 Å². The van der Waals surface area contributed by atoms with Crippen LogP contribution in [-0.2, 0) is 4.74 Å². The molecule has 1 N–H and O–H groups in total. The largest absolute Gasteiger partial charge is 0.390 e. The molecular formula is C9H18O2S. The molecule has 1 aliphatic rings. The van der Waals surface area contributed by atoms with Crippen molar-refractivity contribution in [3.8, 4) is 0 Å². The summed E-state index contributed by atoms with van der Waals surface area (Å²) in [6.45, 7) is 3.37. The average molecular weight is 190 g/mol. The Bertz CT molecular complexity index is 113. The predicted molar refractivity (Wildman–Crippen MR) is 52.6 cm³/mol. The molecule has 2 unspecified atom stereocenters. The summed E-state index contributed by atoms with van der Waals surface area (Å²) in [5.74, 6) is 1.20. The van der Waals surface area contributed by atoms with E-state index in [9.17, 15) is 5.11 Å². The van der Waals surface area contributed by atoms with Crippen molar-refractivity contribution in [1.29, 1.82) is 0 Å². The second-order valence-corrected chi connectivity index (χ2v) is 4.54. The van der Waals surface area contributed by atoms with E-state index in [0.29, 0.717) is 11.9 Å². The Hall–Kier alpha value is 0.270. The number of aliphatic hydroxyl groups is 1. The third-order valence-electron chi connectivity index (χ3n) is 2.03. The van der Waals surface area contributed by atoms with Gasteiger partial charge in [-0.15, -0.1) is 0 Å². The van der Waals surface area contributed by atoms with Gasteiger partial charge in [0.05, 0.1) is 12.7 Å². The van der Waals surface area contributed by atoms with Crippen molar-refractivity contribution in [2.24, 2.45) is 0 Å². The lowest BCUT2D eigenvalue weighted by Crippen LogP contribution is -2.26. The minimum atomic E-state index is -0.246. The lowest BCUT2D eigenvalue weighted by Gasteiger charge is -2.16. The molecule has 0 saturated carbocycles. The highest BCUT2D eigenvalue weighted by molar-refractivity contribution is 8.00. The second-order valence-electron chi connectivity index (χ2n) is 3.19. The molecule has 0 bridgehead atoms. The van der Waals surface area contributed by atoms with Crippen LogP contribution in [0.25, 0.3) is 0 Å². The van der Waals surface area contributed by atoms with Crippen molar-refractivity contribution in [1.82, 2.24) is 0 Å². The van der Waals surface area contributed by atoms with Gasteiger partial charge in [-0.2, -0.15) is 11.8 Å². The first-order chi connectivity index (χ1) is 5.84. The van der Waals surface area contributed by atoms with E-state index in [1.54, 1.807) is 0 Å². The van der Waals surface area contributed by atoms with Crippen molar-refractivity contribution in [2.45, 2.75) is 37.5 Å². The number of aliphatic hydroxyl groups excluding tert-OH is 1. The highest BCUT2D eigenvalue weighted by Gasteiger charge is 2.23. The molecule has 72 valence electrons. The Morgan fingerprint density at radius 2 is 2.50 bits per heavy atom. The Balaban J connectivity index is 2.05. The van der Waals surface area contributed by atoms with E-state index in [4.69, 9.17) is 4.74 Å². The van der Waals surface area contributed by atoms with Crippen LogP contribution in [0.4, 0.5) is 0 Å². The summed E-state index contributed by atoms with van der Waals surface area (Å²) in [5.41, 5.74) is 0. The van der Waals surface area contributed by atoms with Crippen molar-refractivity contribution in [3.63, 3.8) is 0 Å². The molecule has 3 heteroatoms. The van der Waals surface area contributed by atoms with Crippen LogP contribution in [0.2, 0.25) is 0 Å². The summed E-state index contributed by atoms with van der Waals surface area (Å²) in [5, 5.41) is 10.1. The van der Waals surface area contributed by atoms with Gasteiger partial charge in [-0.25, -0.2) is 0 Å². The normalized spacial score (nSPS) is 26.0. The van der Waals surface area contributed by atoms with Crippen molar-refractivity contribution >= 4 is 11.8 Å². The molecule has 1 rings (SSSR count). The molecule has 1 aliphatic heterocycles. The third kappa shape index (κ3) is 3.33. The molecule has 0 aromatic heterocycles. The summed E-state index contributed by atoms with van der Waals surface area (Å²) < 4.78 is 5.29. The lowest BCUT2D eigenvalue weighted by molar-refractivity contribution is 0.0358. The summed E-state index contributed by atoms with van der Waals surface area (Å²) in [6.07, 6.45) is 3.19. The first-order valence-corrected chi connectivity index (χ1v) is 5.77. The first-order valence-electron chi connectivity index (χ1n) is 4.72. The van der Waals surface area contributed by atoms with Crippen LogP contribution < -0.4 is 0 Å². The zero-order valence-corrected chi connectivity index (χ0v) is 8.48. The minimum Gasteiger partial charge on any atom is -0.390 e. The fourth-order valence-corrected chi connectivity index (χ4v) is 2.63. The number of thioether (sulfide) groups is 1. The molecule has 0 spiro atoms. The standard InChI is InChI=1S/C9H18O2S/c1-2-5-11-7-8(10)9-4-3-6-12-9/h8-10H,2-7H2,1H3. The average Bonchev–Trinajstić information content (AvgIpc) is 2.56. The van der Waals surface area contributed by atoms with Gasteiger partial charge in [0.1, 0.15) is 0 Å². The quantitative estimate of drug-likeness (QED) is 0.669. The van der Waals surface area contributed by atoms with Gasteiger partial charge in [0.15, 0.2) is 0 Å². The molecule has 0 aliphatic carbocycles. The highest BCUT2D eigenvalue weighted by atomic mass is 32.2. The monoisotopic (exact) mass is 190 g/mol. The van der Waals surface area contributed by atoms with Gasteiger partial charge in [0.25, 0.3) is 0 Å². The molecule has 1 saturated heterocycles. The molecular weight excluding hydrogens is 172 g/mol. The van der Waals surface area contributed by atoms with Gasteiger partial charge in [0.2, 0.25) is 0 Å². The molecule has 2 atom stereocenters. The van der Waals surface area contributed by atoms with E-state index in [1.807, 2.05) is 11.8 Å². The smallest absolute Gasteiger partial charge is 0.0891 e. The van der Waals surface area contributed by atoms with E-state index >= 15 is 0 Å². The van der Waals surface area contributed by atoms with E-state index in [0.717, 1.165) is 19.4 Å². The van der Waals surface area contributed by atoms with E-state index in [1.165, 1.54) is 12.2 Å². The second kappa shape index (κ2) is 5.84. The van der Waals surface area contributed by atoms with Gasteiger partial charge in [-0.1, -0.05) is 6.92 Å². The summed E-state index contributed by atoms with van der Waals surface area (Å²) in [6, 6.07) is 0. The Morgan fingerprint density at radius 3 is 3.08 bits per heavy atom. The number of ether oxygens (including phenoxy) is 1. The molecule has 0 radical (unpaired) electrons. The molecule has 12 heavy (non-hydrogen) atoms. The maximum Gasteiger partial charge on any atom is 0.0891 e. The van der Waals surface area contributed by atoms with Crippen LogP contribution in [-0.4, -0.2) is 35.4 Å². The van der Waals surface area contributed by atoms with Gasteiger partial charge in [-0.05, 0) is 25.0 Å². The summed E-state index contributed by atoms with van der Waals surface area (Å²) in [4.78, 5) is 0. The van der Waals surface area contributed by atoms with Gasteiger partial charge in [-0.3, -0.25) is 0 Å². The van der Waals surface area contributed by atoms with Gasteiger partial charge in [0, 0.05) is 11.9 Å². The van der Waals surface area contributed by atoms with Gasteiger partial charge >= 0.3 is 0 Å². The SMILES string of the molecule is CCCOCC(O)C1CCCS1. The zero-order valence-electron chi connectivity index (χ0n) is 7.66. The first kappa shape index (κ1) is 10.4. The maximum absolute atomic E-state index is 9.63. The van der Waals surface area contributed by atoms with E-state index in [-0.39, 0.29) is 6.10 Å². The summed E-state index contributed by atoms with van der Waals surface area (Å²) >= 11 is 1.88. The van der Waals surface area contributed by atoms with Crippen molar-refractivity contribution in [2.75, 3.05) is 19.0 Å². The van der Waals surface area contributed by atoms with Crippen LogP contribution in [0.3, 0.4) is 0 Å². The molecule has 1 fully saturated rings. The van der Waals surface area contributed by atoms with E-state index < -0.39 is 0 Å². The summed E-state index contributed by atoms with van der Waals surface area (Å²) in [7, 11) is 0. The maximum atomic E-state index is 9.63. The molecule has 0 aromatic carbocycles. The molecule has 1 heterocycles. The Morgan fingerprint density at radius 1 is 1.67 bits per heavy atom. The highest BCUT2D eigenvalue weighted by Crippen LogP contribution is 2.28. The fourth-order valence-electron chi connectivity index (χ4n) is 1.36. The lowest BCUT2D eigenvalue weighted by atomic mass is 10.2. The molecule has 0 amide bonds. The van der Waals surface area contributed by atoms with Crippen LogP contribution in [0.1, 0.15) is 26.2 Å². The Labute approximate surface area is 78.7 Å². The number of hydrogen-bond donors (Lipinski definition) is 1. The van der Waals surface area contributed by atoms with Gasteiger partial charge < -0.3 is 9.84 Å². The van der Waals surface area contributed by atoms with E-state index in [2.05, 4.69) is 6.92 Å². The van der Waals surface area contributed by atoms with Crippen LogP contribution in [0, 0.1) is 0 Å². The van der Waals surface area contributed by atoms with Crippen LogP contribution in [0.15, 0.2) is 0 Å². The molecule has 2 nitrogen and oxygen atoms in total. The predicted octanol–water partition coefficient (Wildman–Crippen LogP) is 1.67. The Kier molecular flexibility index (Phi) is 5.04. The third-order valence-corrected chi connectivity index (χ3v) is 3.53.